The molecular formula is C25H29ClF2N2O5S. The van der Waals surface area contributed by atoms with Crippen molar-refractivity contribution in [3.05, 3.63) is 64.2 Å². The van der Waals surface area contributed by atoms with Crippen LogP contribution in [0.25, 0.3) is 0 Å². The Balaban J connectivity index is 1.93. The van der Waals surface area contributed by atoms with Gasteiger partial charge in [-0.05, 0) is 56.5 Å². The molecule has 3 rings (SSSR count). The van der Waals surface area contributed by atoms with E-state index in [0.29, 0.717) is 0 Å². The number of sulfone groups is 1. The third kappa shape index (κ3) is 5.55. The van der Waals surface area contributed by atoms with Crippen molar-refractivity contribution in [3.8, 4) is 0 Å². The maximum Gasteiger partial charge on any atom is 0.254 e. The fraction of sp³-hybridized carbons (Fsp3) is 0.440. The largest absolute Gasteiger partial charge is 0.391 e. The highest BCUT2D eigenvalue weighted by Crippen LogP contribution is 2.33. The van der Waals surface area contributed by atoms with Gasteiger partial charge in [0.2, 0.25) is 5.91 Å². The van der Waals surface area contributed by atoms with Crippen molar-refractivity contribution in [1.82, 2.24) is 10.2 Å². The summed E-state index contributed by atoms with van der Waals surface area (Å²) in [6, 6.07) is 4.58. The molecule has 0 saturated carbocycles. The standard InChI is InChI=1S/C25H29ClF2N2O5S/c1-5-36(34,35)17-8-6-7-16(10-17)25(33)30-14(3)13(2)9-22(30)24(32)29-23(15(4)31)18-11-21(28)19(26)12-20(18)27/h6-8,10-15,22-23,31H,5,9H2,1-4H3,(H,29,32)/t13-,14-,15+,22-,23-/m1/s1. The Bertz CT molecular complexity index is 1270. The predicted octanol–water partition coefficient (Wildman–Crippen LogP) is 3.89. The number of aliphatic hydroxyl groups excluding tert-OH is 1. The number of likely N-dealkylation sites (tertiary alicyclic amines) is 1. The summed E-state index contributed by atoms with van der Waals surface area (Å²) in [6.45, 7) is 6.47. The van der Waals surface area contributed by atoms with E-state index < -0.39 is 56.5 Å². The molecule has 0 radical (unpaired) electrons. The summed E-state index contributed by atoms with van der Waals surface area (Å²) < 4.78 is 53.2. The number of amides is 2. The molecule has 1 heterocycles. The Morgan fingerprint density at radius 1 is 1.19 bits per heavy atom. The molecular weight excluding hydrogens is 514 g/mol. The fourth-order valence-corrected chi connectivity index (χ4v) is 5.48. The van der Waals surface area contributed by atoms with Crippen LogP contribution >= 0.6 is 11.6 Å². The number of aliphatic hydroxyl groups is 1. The Morgan fingerprint density at radius 3 is 2.47 bits per heavy atom. The van der Waals surface area contributed by atoms with E-state index in [1.54, 1.807) is 6.92 Å². The minimum atomic E-state index is -3.55. The van der Waals surface area contributed by atoms with Crippen LogP contribution in [0.15, 0.2) is 41.3 Å². The van der Waals surface area contributed by atoms with E-state index in [1.807, 2.05) is 6.92 Å². The topological polar surface area (TPSA) is 104 Å². The molecule has 2 aromatic carbocycles. The molecule has 0 aliphatic carbocycles. The first-order valence-electron chi connectivity index (χ1n) is 11.6. The molecule has 2 amide bonds. The molecule has 1 aliphatic rings. The smallest absolute Gasteiger partial charge is 0.254 e. The van der Waals surface area contributed by atoms with Crippen LogP contribution in [0.2, 0.25) is 5.02 Å². The number of benzene rings is 2. The summed E-state index contributed by atoms with van der Waals surface area (Å²) in [5, 5.41) is 12.4. The minimum Gasteiger partial charge on any atom is -0.391 e. The van der Waals surface area contributed by atoms with Crippen LogP contribution in [0.4, 0.5) is 8.78 Å². The van der Waals surface area contributed by atoms with Crippen LogP contribution in [0.1, 0.15) is 56.1 Å². The van der Waals surface area contributed by atoms with Crippen molar-refractivity contribution >= 4 is 33.3 Å². The monoisotopic (exact) mass is 542 g/mol. The van der Waals surface area contributed by atoms with Gasteiger partial charge in [-0.3, -0.25) is 9.59 Å². The number of nitrogens with zero attached hydrogens (tertiary/aromatic N) is 1. The number of carbonyl (C=O) groups is 2. The minimum absolute atomic E-state index is 0.00570. The van der Waals surface area contributed by atoms with Crippen molar-refractivity contribution < 1.29 is 31.9 Å². The van der Waals surface area contributed by atoms with E-state index in [9.17, 15) is 31.9 Å². The summed E-state index contributed by atoms with van der Waals surface area (Å²) in [4.78, 5) is 28.2. The lowest BCUT2D eigenvalue weighted by atomic mass is 9.99. The highest BCUT2D eigenvalue weighted by molar-refractivity contribution is 7.91. The molecule has 0 spiro atoms. The average Bonchev–Trinajstić information content (AvgIpc) is 3.13. The number of nitrogens with one attached hydrogen (secondary N) is 1. The lowest BCUT2D eigenvalue weighted by molar-refractivity contribution is -0.126. The third-order valence-electron chi connectivity index (χ3n) is 6.71. The summed E-state index contributed by atoms with van der Waals surface area (Å²) in [7, 11) is -3.55. The second kappa shape index (κ2) is 10.8. The van der Waals surface area contributed by atoms with Crippen LogP contribution in [0.5, 0.6) is 0 Å². The normalized spacial score (nSPS) is 21.8. The van der Waals surface area contributed by atoms with Crippen LogP contribution in [0, 0.1) is 17.6 Å². The van der Waals surface area contributed by atoms with Gasteiger partial charge in [0, 0.05) is 17.2 Å². The first kappa shape index (κ1) is 28.0. The van der Waals surface area contributed by atoms with Gasteiger partial charge in [0.15, 0.2) is 9.84 Å². The molecule has 36 heavy (non-hydrogen) atoms. The van der Waals surface area contributed by atoms with E-state index in [0.717, 1.165) is 12.1 Å². The van der Waals surface area contributed by atoms with Gasteiger partial charge in [0.25, 0.3) is 5.91 Å². The van der Waals surface area contributed by atoms with Crippen LogP contribution in [0.3, 0.4) is 0 Å². The molecule has 11 heteroatoms. The molecule has 2 aromatic rings. The maximum absolute atomic E-state index is 14.6. The number of halogens is 3. The zero-order valence-electron chi connectivity index (χ0n) is 20.3. The van der Waals surface area contributed by atoms with Crippen molar-refractivity contribution in [2.24, 2.45) is 5.92 Å². The van der Waals surface area contributed by atoms with Gasteiger partial charge < -0.3 is 15.3 Å². The molecule has 196 valence electrons. The number of hydrogen-bond acceptors (Lipinski definition) is 5. The molecule has 5 atom stereocenters. The van der Waals surface area contributed by atoms with Crippen molar-refractivity contribution in [2.75, 3.05) is 5.75 Å². The summed E-state index contributed by atoms with van der Waals surface area (Å²) in [5.74, 6) is -3.20. The first-order valence-corrected chi connectivity index (χ1v) is 13.6. The number of carbonyl (C=O) groups excluding carboxylic acids is 2. The van der Waals surface area contributed by atoms with Crippen molar-refractivity contribution in [1.29, 1.82) is 0 Å². The van der Waals surface area contributed by atoms with E-state index in [4.69, 9.17) is 11.6 Å². The first-order chi connectivity index (χ1) is 16.8. The predicted molar refractivity (Wildman–Crippen MR) is 131 cm³/mol. The summed E-state index contributed by atoms with van der Waals surface area (Å²) in [5.41, 5.74) is -0.170. The van der Waals surface area contributed by atoms with E-state index in [2.05, 4.69) is 5.32 Å². The van der Waals surface area contributed by atoms with Crippen LogP contribution in [-0.2, 0) is 14.6 Å². The summed E-state index contributed by atoms with van der Waals surface area (Å²) >= 11 is 5.63. The van der Waals surface area contributed by atoms with Crippen LogP contribution < -0.4 is 5.32 Å². The van der Waals surface area contributed by atoms with Gasteiger partial charge in [-0.15, -0.1) is 0 Å². The Kier molecular flexibility index (Phi) is 8.42. The van der Waals surface area contributed by atoms with Gasteiger partial charge in [-0.2, -0.15) is 0 Å². The summed E-state index contributed by atoms with van der Waals surface area (Å²) in [6.07, 6.45) is -1.00. The molecule has 0 aromatic heterocycles. The number of hydrogen-bond donors (Lipinski definition) is 2. The van der Waals surface area contributed by atoms with Gasteiger partial charge in [-0.1, -0.05) is 31.5 Å². The molecule has 1 saturated heterocycles. The average molecular weight is 543 g/mol. The molecule has 1 aliphatic heterocycles. The van der Waals surface area contributed by atoms with Gasteiger partial charge >= 0.3 is 0 Å². The van der Waals surface area contributed by atoms with E-state index >= 15 is 0 Å². The van der Waals surface area contributed by atoms with Crippen LogP contribution in [-0.4, -0.2) is 54.2 Å². The van der Waals surface area contributed by atoms with Gasteiger partial charge in [0.05, 0.1) is 27.8 Å². The SMILES string of the molecule is CCS(=O)(=O)c1cccc(C(=O)N2[C@@H](C(=O)N[C@@H](c3cc(F)c(Cl)cc3F)[C@H](C)O)C[C@@H](C)[C@H]2C)c1. The second-order valence-corrected chi connectivity index (χ2v) is 11.8. The Morgan fingerprint density at radius 2 is 1.86 bits per heavy atom. The number of rotatable bonds is 7. The molecule has 0 bridgehead atoms. The Labute approximate surface area is 214 Å². The highest BCUT2D eigenvalue weighted by atomic mass is 35.5. The van der Waals surface area contributed by atoms with Gasteiger partial charge in [-0.25, -0.2) is 17.2 Å². The van der Waals surface area contributed by atoms with Gasteiger partial charge in [0.1, 0.15) is 17.7 Å². The molecule has 2 N–H and O–H groups in total. The Hall–Kier alpha value is -2.56. The van der Waals surface area contributed by atoms with E-state index in [1.165, 1.54) is 43.0 Å². The second-order valence-electron chi connectivity index (χ2n) is 9.13. The lowest BCUT2D eigenvalue weighted by Gasteiger charge is -2.31. The maximum atomic E-state index is 14.6. The van der Waals surface area contributed by atoms with Crippen molar-refractivity contribution in [2.45, 2.75) is 63.2 Å². The van der Waals surface area contributed by atoms with E-state index in [-0.39, 0.29) is 40.2 Å². The molecule has 7 nitrogen and oxygen atoms in total. The molecule has 1 fully saturated rings. The molecule has 0 unspecified atom stereocenters. The fourth-order valence-electron chi connectivity index (χ4n) is 4.40. The zero-order chi connectivity index (χ0) is 26.9. The van der Waals surface area contributed by atoms with Crippen molar-refractivity contribution in [3.63, 3.8) is 0 Å². The zero-order valence-corrected chi connectivity index (χ0v) is 21.9. The quantitative estimate of drug-likeness (QED) is 0.517. The lowest BCUT2D eigenvalue weighted by Crippen LogP contribution is -2.50. The third-order valence-corrected chi connectivity index (χ3v) is 8.73. The highest BCUT2D eigenvalue weighted by Gasteiger charge is 2.44.